The minimum atomic E-state index is -0.408. The van der Waals surface area contributed by atoms with Crippen LogP contribution in [0.2, 0.25) is 0 Å². The smallest absolute Gasteiger partial charge is 0.258 e. The van der Waals surface area contributed by atoms with Crippen LogP contribution in [0.15, 0.2) is 59.7 Å². The molecule has 0 saturated carbocycles. The van der Waals surface area contributed by atoms with E-state index in [0.29, 0.717) is 29.5 Å². The molecule has 0 aliphatic heterocycles. The van der Waals surface area contributed by atoms with E-state index in [4.69, 9.17) is 10.5 Å². The Hall–Kier alpha value is -3.52. The molecular formula is C19H16FN5O2. The molecule has 0 bridgehead atoms. The third-order valence-electron chi connectivity index (χ3n) is 4.05. The van der Waals surface area contributed by atoms with E-state index in [0.717, 1.165) is 17.2 Å². The molecule has 0 aliphatic carbocycles. The van der Waals surface area contributed by atoms with Crippen molar-refractivity contribution in [1.82, 2.24) is 19.5 Å². The second-order valence-corrected chi connectivity index (χ2v) is 5.92. The maximum Gasteiger partial charge on any atom is 0.258 e. The normalized spacial score (nSPS) is 11.0. The summed E-state index contributed by atoms with van der Waals surface area (Å²) < 4.78 is 19.9. The lowest BCUT2D eigenvalue weighted by molar-refractivity contribution is 0.300. The molecule has 3 N–H and O–H groups in total. The largest absolute Gasteiger partial charge is 0.487 e. The molecule has 136 valence electrons. The van der Waals surface area contributed by atoms with E-state index in [-0.39, 0.29) is 12.2 Å². The first-order chi connectivity index (χ1) is 13.1. The van der Waals surface area contributed by atoms with Crippen LogP contribution in [-0.4, -0.2) is 19.5 Å². The number of hydrogen-bond acceptors (Lipinski definition) is 5. The summed E-state index contributed by atoms with van der Waals surface area (Å²) in [6, 6.07) is 11.4. The van der Waals surface area contributed by atoms with Gasteiger partial charge >= 0.3 is 0 Å². The summed E-state index contributed by atoms with van der Waals surface area (Å²) in [7, 11) is 0. The summed E-state index contributed by atoms with van der Waals surface area (Å²) >= 11 is 0. The molecule has 3 heterocycles. The number of nitrogens with zero attached hydrogens (tertiary/aromatic N) is 3. The third kappa shape index (κ3) is 3.56. The zero-order chi connectivity index (χ0) is 18.8. The summed E-state index contributed by atoms with van der Waals surface area (Å²) in [5, 5.41) is 0. The Balaban J connectivity index is 1.56. The average molecular weight is 365 g/mol. The van der Waals surface area contributed by atoms with Crippen molar-refractivity contribution in [1.29, 1.82) is 0 Å². The number of rotatable bonds is 5. The summed E-state index contributed by atoms with van der Waals surface area (Å²) in [5.41, 5.74) is 8.23. The maximum absolute atomic E-state index is 12.9. The maximum atomic E-state index is 12.9. The zero-order valence-corrected chi connectivity index (χ0v) is 14.2. The molecule has 0 amide bonds. The molecule has 4 aromatic rings. The van der Waals surface area contributed by atoms with Gasteiger partial charge in [-0.3, -0.25) is 14.3 Å². The number of hydrogen-bond donors (Lipinski definition) is 2. The first kappa shape index (κ1) is 16.9. The number of nitrogens with two attached hydrogens (primary N) is 1. The predicted octanol–water partition coefficient (Wildman–Crippen LogP) is 2.29. The Morgan fingerprint density at radius 3 is 2.81 bits per heavy atom. The number of ether oxygens (including phenoxy) is 1. The summed E-state index contributed by atoms with van der Waals surface area (Å²) in [5.74, 6) is 0.692. The quantitative estimate of drug-likeness (QED) is 0.565. The van der Waals surface area contributed by atoms with Crippen molar-refractivity contribution >= 4 is 11.0 Å². The van der Waals surface area contributed by atoms with Crippen molar-refractivity contribution in [2.45, 2.75) is 13.2 Å². The molecular weight excluding hydrogens is 349 g/mol. The van der Waals surface area contributed by atoms with Gasteiger partial charge in [0.25, 0.3) is 5.56 Å². The van der Waals surface area contributed by atoms with E-state index in [9.17, 15) is 9.18 Å². The van der Waals surface area contributed by atoms with Crippen molar-refractivity contribution in [2.75, 3.05) is 0 Å². The van der Waals surface area contributed by atoms with Gasteiger partial charge in [-0.25, -0.2) is 9.37 Å². The van der Waals surface area contributed by atoms with Crippen LogP contribution in [0.5, 0.6) is 5.75 Å². The van der Waals surface area contributed by atoms with E-state index in [1.807, 2.05) is 18.2 Å². The molecule has 0 saturated heterocycles. The molecule has 1 aromatic carbocycles. The Morgan fingerprint density at radius 1 is 1.19 bits per heavy atom. The molecule has 3 aromatic heterocycles. The molecule has 7 nitrogen and oxygen atoms in total. The van der Waals surface area contributed by atoms with E-state index in [1.54, 1.807) is 12.3 Å². The van der Waals surface area contributed by atoms with Crippen molar-refractivity contribution in [3.05, 3.63) is 82.5 Å². The number of H-pyrrole nitrogens is 1. The molecule has 0 spiro atoms. The summed E-state index contributed by atoms with van der Waals surface area (Å²) in [6.45, 7) is 0.463. The number of aromatic amines is 1. The van der Waals surface area contributed by atoms with Crippen LogP contribution in [0.1, 0.15) is 11.5 Å². The predicted molar refractivity (Wildman–Crippen MR) is 98.1 cm³/mol. The lowest BCUT2D eigenvalue weighted by Gasteiger charge is -2.09. The van der Waals surface area contributed by atoms with Gasteiger partial charge in [-0.1, -0.05) is 0 Å². The lowest BCUT2D eigenvalue weighted by atomic mass is 10.2. The van der Waals surface area contributed by atoms with Gasteiger partial charge in [-0.15, -0.1) is 0 Å². The first-order valence-electron chi connectivity index (χ1n) is 8.27. The number of benzene rings is 1. The minimum absolute atomic E-state index is 0.145. The second-order valence-electron chi connectivity index (χ2n) is 5.92. The second kappa shape index (κ2) is 7.00. The van der Waals surface area contributed by atoms with Crippen LogP contribution in [0.4, 0.5) is 4.39 Å². The number of pyridine rings is 2. The van der Waals surface area contributed by atoms with Gasteiger partial charge in [0, 0.05) is 12.3 Å². The topological polar surface area (TPSA) is 98.8 Å². The highest BCUT2D eigenvalue weighted by molar-refractivity contribution is 5.77. The van der Waals surface area contributed by atoms with E-state index < -0.39 is 5.82 Å². The van der Waals surface area contributed by atoms with Crippen LogP contribution in [0, 0.1) is 5.82 Å². The number of fused-ring (bicyclic) bond motifs is 1. The number of halogens is 1. The molecule has 0 unspecified atom stereocenters. The van der Waals surface area contributed by atoms with Crippen molar-refractivity contribution in [3.63, 3.8) is 0 Å². The summed E-state index contributed by atoms with van der Waals surface area (Å²) in [4.78, 5) is 23.8. The standard InChI is InChI=1S/C19H16FN5O2/c20-12-1-2-13(22-10-12)11-27-15-5-6-25(19(26)8-15)14-3-4-16-17(7-14)24-18(9-21)23-16/h1-8,10H,9,11,21H2,(H,23,24). The van der Waals surface area contributed by atoms with Crippen molar-refractivity contribution in [3.8, 4) is 11.4 Å². The van der Waals surface area contributed by atoms with Gasteiger partial charge in [0.15, 0.2) is 0 Å². The Labute approximate surface area is 153 Å². The highest BCUT2D eigenvalue weighted by Gasteiger charge is 2.07. The average Bonchev–Trinajstić information content (AvgIpc) is 3.10. The first-order valence-corrected chi connectivity index (χ1v) is 8.27. The van der Waals surface area contributed by atoms with Gasteiger partial charge in [0.05, 0.1) is 35.2 Å². The monoisotopic (exact) mass is 365 g/mol. The van der Waals surface area contributed by atoms with Crippen molar-refractivity contribution < 1.29 is 9.13 Å². The van der Waals surface area contributed by atoms with Crippen LogP contribution in [0.25, 0.3) is 16.7 Å². The molecule has 0 fully saturated rings. The fourth-order valence-corrected chi connectivity index (χ4v) is 2.71. The lowest BCUT2D eigenvalue weighted by Crippen LogP contribution is -2.16. The van der Waals surface area contributed by atoms with Gasteiger partial charge in [0.2, 0.25) is 0 Å². The number of imidazole rings is 1. The highest BCUT2D eigenvalue weighted by atomic mass is 19.1. The Bertz CT molecular complexity index is 1150. The van der Waals surface area contributed by atoms with Gasteiger partial charge in [-0.05, 0) is 36.4 Å². The molecule has 8 heteroatoms. The molecule has 0 atom stereocenters. The summed E-state index contributed by atoms with van der Waals surface area (Å²) in [6.07, 6.45) is 2.76. The molecule has 0 radical (unpaired) electrons. The van der Waals surface area contributed by atoms with Gasteiger partial charge < -0.3 is 15.5 Å². The Kier molecular flexibility index (Phi) is 4.39. The SMILES string of the molecule is NCc1nc2ccc(-n3ccc(OCc4ccc(F)cn4)cc3=O)cc2[nH]1. The van der Waals surface area contributed by atoms with Crippen LogP contribution >= 0.6 is 0 Å². The number of aromatic nitrogens is 4. The van der Waals surface area contributed by atoms with Crippen molar-refractivity contribution in [2.24, 2.45) is 5.73 Å². The molecule has 4 rings (SSSR count). The number of nitrogens with one attached hydrogen (secondary N) is 1. The van der Waals surface area contributed by atoms with E-state index >= 15 is 0 Å². The third-order valence-corrected chi connectivity index (χ3v) is 4.05. The molecule has 27 heavy (non-hydrogen) atoms. The minimum Gasteiger partial charge on any atom is -0.487 e. The fourth-order valence-electron chi connectivity index (χ4n) is 2.71. The molecule has 0 aliphatic rings. The highest BCUT2D eigenvalue weighted by Crippen LogP contribution is 2.17. The van der Waals surface area contributed by atoms with Crippen LogP contribution in [-0.2, 0) is 13.2 Å². The van der Waals surface area contributed by atoms with Gasteiger partial charge in [0.1, 0.15) is 24.0 Å². The van der Waals surface area contributed by atoms with Crippen LogP contribution < -0.4 is 16.0 Å². The van der Waals surface area contributed by atoms with E-state index in [1.165, 1.54) is 22.8 Å². The van der Waals surface area contributed by atoms with Gasteiger partial charge in [-0.2, -0.15) is 0 Å². The fraction of sp³-hybridized carbons (Fsp3) is 0.105. The zero-order valence-electron chi connectivity index (χ0n) is 14.2. The van der Waals surface area contributed by atoms with E-state index in [2.05, 4.69) is 15.0 Å². The Morgan fingerprint density at radius 2 is 2.07 bits per heavy atom. The van der Waals surface area contributed by atoms with Crippen LogP contribution in [0.3, 0.4) is 0 Å².